The lowest BCUT2D eigenvalue weighted by Crippen LogP contribution is -2.41. The number of likely N-dealkylation sites (N-methyl/N-ethyl adjacent to an activating group) is 1. The molecule has 1 aliphatic rings. The second-order valence-electron chi connectivity index (χ2n) is 4.92. The Labute approximate surface area is 114 Å². The lowest BCUT2D eigenvalue weighted by atomic mass is 10.1. The van der Waals surface area contributed by atoms with E-state index in [-0.39, 0.29) is 0 Å². The van der Waals surface area contributed by atoms with E-state index in [0.717, 1.165) is 29.8 Å². The second kappa shape index (κ2) is 6.41. The molecule has 0 saturated heterocycles. The molecule has 1 saturated carbocycles. The van der Waals surface area contributed by atoms with Crippen LogP contribution in [0.2, 0.25) is 5.02 Å². The molecule has 2 N–H and O–H groups in total. The van der Waals surface area contributed by atoms with Crippen molar-refractivity contribution in [1.29, 1.82) is 0 Å². The van der Waals surface area contributed by atoms with E-state index < -0.39 is 0 Å². The zero-order valence-corrected chi connectivity index (χ0v) is 11.6. The van der Waals surface area contributed by atoms with Crippen molar-refractivity contribution in [1.82, 2.24) is 4.90 Å². The molecule has 2 rings (SSSR count). The molecule has 0 amide bonds. The molecule has 1 aliphatic carbocycles. The van der Waals surface area contributed by atoms with E-state index in [2.05, 4.69) is 11.9 Å². The van der Waals surface area contributed by atoms with Crippen LogP contribution in [-0.2, 0) is 0 Å². The molecule has 0 heterocycles. The van der Waals surface area contributed by atoms with Gasteiger partial charge in [-0.05, 0) is 50.1 Å². The second-order valence-corrected chi connectivity index (χ2v) is 5.36. The van der Waals surface area contributed by atoms with Crippen LogP contribution in [0.4, 0.5) is 0 Å². The lowest BCUT2D eigenvalue weighted by molar-refractivity contribution is 0.180. The minimum atomic E-state index is 0.513. The number of halogens is 1. The first-order valence-corrected chi connectivity index (χ1v) is 6.87. The Hall–Kier alpha value is -0.770. The van der Waals surface area contributed by atoms with Crippen molar-refractivity contribution in [2.45, 2.75) is 18.9 Å². The molecule has 1 atom stereocenters. The van der Waals surface area contributed by atoms with Gasteiger partial charge in [0, 0.05) is 24.2 Å². The Morgan fingerprint density at radius 3 is 2.61 bits per heavy atom. The minimum absolute atomic E-state index is 0.513. The Morgan fingerprint density at radius 2 is 2.06 bits per heavy atom. The van der Waals surface area contributed by atoms with Crippen molar-refractivity contribution in [2.24, 2.45) is 11.7 Å². The van der Waals surface area contributed by atoms with Crippen molar-refractivity contribution in [3.8, 4) is 5.75 Å². The van der Waals surface area contributed by atoms with Crippen LogP contribution in [0, 0.1) is 5.92 Å². The molecule has 4 heteroatoms. The number of nitrogens with two attached hydrogens (primary N) is 1. The maximum atomic E-state index is 5.82. The van der Waals surface area contributed by atoms with Gasteiger partial charge >= 0.3 is 0 Å². The average Bonchev–Trinajstić information content (AvgIpc) is 3.17. The van der Waals surface area contributed by atoms with E-state index in [0.29, 0.717) is 12.6 Å². The molecular formula is C14H21ClN2O. The lowest BCUT2D eigenvalue weighted by Gasteiger charge is -2.26. The first-order chi connectivity index (χ1) is 8.70. The maximum absolute atomic E-state index is 5.82. The van der Waals surface area contributed by atoms with E-state index in [4.69, 9.17) is 22.1 Å². The van der Waals surface area contributed by atoms with Crippen LogP contribution < -0.4 is 10.5 Å². The minimum Gasteiger partial charge on any atom is -0.492 e. The molecule has 100 valence electrons. The van der Waals surface area contributed by atoms with Crippen LogP contribution in [0.15, 0.2) is 24.3 Å². The average molecular weight is 269 g/mol. The van der Waals surface area contributed by atoms with E-state index >= 15 is 0 Å². The molecule has 18 heavy (non-hydrogen) atoms. The number of benzene rings is 1. The fourth-order valence-corrected chi connectivity index (χ4v) is 2.34. The van der Waals surface area contributed by atoms with Crippen molar-refractivity contribution in [3.05, 3.63) is 29.3 Å². The molecule has 1 aromatic carbocycles. The van der Waals surface area contributed by atoms with Gasteiger partial charge in [-0.2, -0.15) is 0 Å². The molecule has 1 fully saturated rings. The van der Waals surface area contributed by atoms with Crippen LogP contribution in [0.5, 0.6) is 5.75 Å². The summed E-state index contributed by atoms with van der Waals surface area (Å²) in [5, 5.41) is 0.733. The topological polar surface area (TPSA) is 38.5 Å². The van der Waals surface area contributed by atoms with E-state index in [1.165, 1.54) is 12.8 Å². The summed E-state index contributed by atoms with van der Waals surface area (Å²) in [4.78, 5) is 2.31. The van der Waals surface area contributed by atoms with Gasteiger partial charge in [-0.15, -0.1) is 0 Å². The summed E-state index contributed by atoms with van der Waals surface area (Å²) in [5.41, 5.74) is 5.82. The SMILES string of the molecule is CN(CCOc1ccc(Cl)cc1)C(CN)C1CC1. The number of rotatable bonds is 7. The third kappa shape index (κ3) is 3.87. The van der Waals surface area contributed by atoms with Gasteiger partial charge < -0.3 is 10.5 Å². The molecule has 0 bridgehead atoms. The van der Waals surface area contributed by atoms with Gasteiger partial charge in [-0.1, -0.05) is 11.6 Å². The summed E-state index contributed by atoms with van der Waals surface area (Å²) in [6.07, 6.45) is 2.65. The monoisotopic (exact) mass is 268 g/mol. The van der Waals surface area contributed by atoms with Crippen molar-refractivity contribution < 1.29 is 4.74 Å². The quantitative estimate of drug-likeness (QED) is 0.825. The largest absolute Gasteiger partial charge is 0.492 e. The molecule has 0 aliphatic heterocycles. The predicted molar refractivity (Wildman–Crippen MR) is 75.1 cm³/mol. The highest BCUT2D eigenvalue weighted by Gasteiger charge is 2.32. The first kappa shape index (κ1) is 13.7. The molecular weight excluding hydrogens is 248 g/mol. The maximum Gasteiger partial charge on any atom is 0.119 e. The molecule has 0 radical (unpaired) electrons. The smallest absolute Gasteiger partial charge is 0.119 e. The molecule has 0 spiro atoms. The summed E-state index contributed by atoms with van der Waals surface area (Å²) >= 11 is 5.82. The summed E-state index contributed by atoms with van der Waals surface area (Å²) in [6.45, 7) is 2.32. The summed E-state index contributed by atoms with van der Waals surface area (Å²) in [6, 6.07) is 7.98. The fraction of sp³-hybridized carbons (Fsp3) is 0.571. The van der Waals surface area contributed by atoms with Crippen molar-refractivity contribution >= 4 is 11.6 Å². The Balaban J connectivity index is 1.72. The number of nitrogens with zero attached hydrogens (tertiary/aromatic N) is 1. The molecule has 0 aromatic heterocycles. The number of hydrogen-bond acceptors (Lipinski definition) is 3. The predicted octanol–water partition coefficient (Wildman–Crippen LogP) is 2.39. The first-order valence-electron chi connectivity index (χ1n) is 6.49. The highest BCUT2D eigenvalue weighted by atomic mass is 35.5. The van der Waals surface area contributed by atoms with Gasteiger partial charge in [0.15, 0.2) is 0 Å². The van der Waals surface area contributed by atoms with Gasteiger partial charge in [0.05, 0.1) is 0 Å². The van der Waals surface area contributed by atoms with Gasteiger partial charge in [0.1, 0.15) is 12.4 Å². The van der Waals surface area contributed by atoms with Crippen molar-refractivity contribution in [3.63, 3.8) is 0 Å². The highest BCUT2D eigenvalue weighted by molar-refractivity contribution is 6.30. The molecule has 1 aromatic rings. The van der Waals surface area contributed by atoms with Crippen LogP contribution in [0.25, 0.3) is 0 Å². The highest BCUT2D eigenvalue weighted by Crippen LogP contribution is 2.34. The third-order valence-corrected chi connectivity index (χ3v) is 3.75. The molecule has 3 nitrogen and oxygen atoms in total. The van der Waals surface area contributed by atoms with Crippen LogP contribution in [0.3, 0.4) is 0 Å². The van der Waals surface area contributed by atoms with Crippen LogP contribution >= 0.6 is 11.6 Å². The van der Waals surface area contributed by atoms with Gasteiger partial charge in [-0.25, -0.2) is 0 Å². The van der Waals surface area contributed by atoms with Crippen LogP contribution in [-0.4, -0.2) is 37.7 Å². The normalized spacial score (nSPS) is 16.9. The van der Waals surface area contributed by atoms with Gasteiger partial charge in [-0.3, -0.25) is 4.90 Å². The number of hydrogen-bond donors (Lipinski definition) is 1. The standard InChI is InChI=1S/C14H21ClN2O/c1-17(14(10-16)11-2-3-11)8-9-18-13-6-4-12(15)5-7-13/h4-7,11,14H,2-3,8-10,16H2,1H3. The Morgan fingerprint density at radius 1 is 1.39 bits per heavy atom. The Kier molecular flexibility index (Phi) is 4.87. The Bertz CT molecular complexity index is 365. The summed E-state index contributed by atoms with van der Waals surface area (Å²) in [5.74, 6) is 1.67. The fourth-order valence-electron chi connectivity index (χ4n) is 2.22. The zero-order chi connectivity index (χ0) is 13.0. The van der Waals surface area contributed by atoms with Crippen LogP contribution in [0.1, 0.15) is 12.8 Å². The zero-order valence-electron chi connectivity index (χ0n) is 10.8. The number of ether oxygens (including phenoxy) is 1. The van der Waals surface area contributed by atoms with Gasteiger partial charge in [0.2, 0.25) is 0 Å². The van der Waals surface area contributed by atoms with E-state index in [1.807, 2.05) is 24.3 Å². The van der Waals surface area contributed by atoms with Gasteiger partial charge in [0.25, 0.3) is 0 Å². The van der Waals surface area contributed by atoms with E-state index in [1.54, 1.807) is 0 Å². The third-order valence-electron chi connectivity index (χ3n) is 3.50. The van der Waals surface area contributed by atoms with Crippen molar-refractivity contribution in [2.75, 3.05) is 26.7 Å². The summed E-state index contributed by atoms with van der Waals surface area (Å²) < 4.78 is 5.69. The summed E-state index contributed by atoms with van der Waals surface area (Å²) in [7, 11) is 2.13. The van der Waals surface area contributed by atoms with E-state index in [9.17, 15) is 0 Å². The molecule has 1 unspecified atom stereocenters.